The Bertz CT molecular complexity index is 1420. The maximum absolute atomic E-state index is 9.95. The van der Waals surface area contributed by atoms with E-state index in [1.807, 2.05) is 13.2 Å². The maximum atomic E-state index is 9.95. The molecule has 0 spiro atoms. The second-order valence-corrected chi connectivity index (χ2v) is 12.8. The lowest BCUT2D eigenvalue weighted by Crippen LogP contribution is -2.31. The van der Waals surface area contributed by atoms with Crippen LogP contribution in [0, 0.1) is 23.7 Å². The van der Waals surface area contributed by atoms with Crippen LogP contribution in [0.2, 0.25) is 0 Å². The van der Waals surface area contributed by atoms with Gasteiger partial charge in [0.2, 0.25) is 5.69 Å². The second kappa shape index (κ2) is 8.67. The van der Waals surface area contributed by atoms with Crippen LogP contribution in [0.1, 0.15) is 63.1 Å². The van der Waals surface area contributed by atoms with Crippen LogP contribution in [-0.4, -0.2) is 0 Å². The van der Waals surface area contributed by atoms with Gasteiger partial charge in [0.1, 0.15) is 18.7 Å². The largest absolute Gasteiger partial charge is 0.213 e. The number of hydrogen-bond acceptors (Lipinski definition) is 2. The molecule has 174 valence electrons. The van der Waals surface area contributed by atoms with Crippen LogP contribution >= 0.6 is 11.3 Å². The minimum atomic E-state index is 0.0195. The lowest BCUT2D eigenvalue weighted by molar-refractivity contribution is -0.660. The van der Waals surface area contributed by atoms with Crippen LogP contribution in [0.4, 0.5) is 0 Å². The summed E-state index contributed by atoms with van der Waals surface area (Å²) >= 11 is 1.81. The summed E-state index contributed by atoms with van der Waals surface area (Å²) in [6, 6.07) is 20.1. The molecule has 2 heterocycles. The van der Waals surface area contributed by atoms with Crippen LogP contribution in [0.15, 0.2) is 54.7 Å². The molecule has 4 rings (SSSR count). The summed E-state index contributed by atoms with van der Waals surface area (Å²) in [7, 11) is 2.05. The minimum absolute atomic E-state index is 0.0195. The normalized spacial score (nSPS) is 12.2. The Morgan fingerprint density at radius 1 is 0.912 bits per heavy atom. The van der Waals surface area contributed by atoms with Gasteiger partial charge in [-0.05, 0) is 64.3 Å². The first-order valence-corrected chi connectivity index (χ1v) is 12.8. The molecule has 0 bridgehead atoms. The molecular formula is C31H35N2S+. The van der Waals surface area contributed by atoms with Gasteiger partial charge in [0, 0.05) is 26.9 Å². The minimum Gasteiger partial charge on any atom is -0.200 e. The summed E-state index contributed by atoms with van der Waals surface area (Å²) in [4.78, 5) is 2.52. The number of aromatic nitrogens is 1. The highest BCUT2D eigenvalue weighted by Gasteiger charge is 2.25. The van der Waals surface area contributed by atoms with Gasteiger partial charge in [-0.15, -0.1) is 11.3 Å². The van der Waals surface area contributed by atoms with E-state index in [2.05, 4.69) is 108 Å². The zero-order chi connectivity index (χ0) is 24.8. The van der Waals surface area contributed by atoms with Gasteiger partial charge in [-0.25, -0.2) is 0 Å². The van der Waals surface area contributed by atoms with E-state index in [1.54, 1.807) is 11.3 Å². The predicted molar refractivity (Wildman–Crippen MR) is 145 cm³/mol. The van der Waals surface area contributed by atoms with Gasteiger partial charge in [-0.3, -0.25) is 0 Å². The van der Waals surface area contributed by atoms with Crippen molar-refractivity contribution in [2.75, 3.05) is 0 Å². The topological polar surface area (TPSA) is 27.7 Å². The second-order valence-electron chi connectivity index (χ2n) is 11.6. The number of thiophene rings is 1. The van der Waals surface area contributed by atoms with Crippen molar-refractivity contribution in [1.82, 2.24) is 0 Å². The number of hydrogen-bond donors (Lipinski definition) is 0. The summed E-state index contributed by atoms with van der Waals surface area (Å²) < 4.78 is 2.11. The number of benzene rings is 2. The van der Waals surface area contributed by atoms with Crippen LogP contribution in [-0.2, 0) is 18.9 Å². The molecule has 0 atom stereocenters. The van der Waals surface area contributed by atoms with Gasteiger partial charge in [0.15, 0.2) is 6.20 Å². The molecule has 3 heteroatoms. The smallest absolute Gasteiger partial charge is 0.200 e. The van der Waals surface area contributed by atoms with Gasteiger partial charge >= 0.3 is 0 Å². The van der Waals surface area contributed by atoms with E-state index in [1.165, 1.54) is 32.3 Å². The van der Waals surface area contributed by atoms with Crippen molar-refractivity contribution in [2.24, 2.45) is 12.5 Å². The Kier molecular flexibility index (Phi) is 6.17. The Balaban J connectivity index is 1.95. The molecule has 0 saturated carbocycles. The number of nitrogens with zero attached hydrogens (tertiary/aromatic N) is 2. The molecule has 0 unspecified atom stereocenters. The third-order valence-corrected chi connectivity index (χ3v) is 7.54. The first-order chi connectivity index (χ1) is 15.9. The molecule has 0 amide bonds. The summed E-state index contributed by atoms with van der Waals surface area (Å²) in [6.45, 7) is 15.9. The van der Waals surface area contributed by atoms with Gasteiger partial charge in [-0.1, -0.05) is 65.8 Å². The number of nitriles is 1. The van der Waals surface area contributed by atoms with Crippen LogP contribution < -0.4 is 4.57 Å². The maximum Gasteiger partial charge on any atom is 0.213 e. The zero-order valence-electron chi connectivity index (χ0n) is 21.7. The Morgan fingerprint density at radius 2 is 1.59 bits per heavy atom. The molecule has 0 aliphatic rings. The van der Waals surface area contributed by atoms with Crippen LogP contribution in [0.5, 0.6) is 0 Å². The summed E-state index contributed by atoms with van der Waals surface area (Å²) in [5, 5.41) is 12.6. The van der Waals surface area contributed by atoms with Crippen molar-refractivity contribution in [2.45, 2.75) is 60.3 Å². The number of aryl methyl sites for hydroxylation is 2. The monoisotopic (exact) mass is 467 g/mol. The highest BCUT2D eigenvalue weighted by atomic mass is 32.1. The molecule has 2 aromatic carbocycles. The van der Waals surface area contributed by atoms with E-state index in [-0.39, 0.29) is 10.8 Å². The Labute approximate surface area is 208 Å². The number of pyridine rings is 1. The highest BCUT2D eigenvalue weighted by molar-refractivity contribution is 7.15. The van der Waals surface area contributed by atoms with E-state index >= 15 is 0 Å². The van der Waals surface area contributed by atoms with Crippen molar-refractivity contribution in [3.63, 3.8) is 0 Å². The van der Waals surface area contributed by atoms with Crippen LogP contribution in [0.25, 0.3) is 32.5 Å². The quantitative estimate of drug-likeness (QED) is 0.279. The third-order valence-electron chi connectivity index (χ3n) is 6.42. The fourth-order valence-electron chi connectivity index (χ4n) is 4.76. The van der Waals surface area contributed by atoms with Crippen molar-refractivity contribution < 1.29 is 4.57 Å². The average molecular weight is 468 g/mol. The predicted octanol–water partition coefficient (Wildman–Crippen LogP) is 8.13. The van der Waals surface area contributed by atoms with Crippen LogP contribution in [0.3, 0.4) is 0 Å². The molecule has 0 aliphatic carbocycles. The first-order valence-electron chi connectivity index (χ1n) is 11.9. The van der Waals surface area contributed by atoms with E-state index in [0.717, 1.165) is 22.6 Å². The van der Waals surface area contributed by atoms with Crippen molar-refractivity contribution in [1.29, 1.82) is 5.26 Å². The molecule has 0 N–H and O–H groups in total. The average Bonchev–Trinajstić information content (AvgIpc) is 3.20. The molecule has 2 aromatic heterocycles. The van der Waals surface area contributed by atoms with Crippen molar-refractivity contribution in [3.05, 3.63) is 76.3 Å². The lowest BCUT2D eigenvalue weighted by Gasteiger charge is -2.24. The van der Waals surface area contributed by atoms with Gasteiger partial charge in [0.25, 0.3) is 0 Å². The van der Waals surface area contributed by atoms with E-state index in [0.29, 0.717) is 5.56 Å². The van der Waals surface area contributed by atoms with Gasteiger partial charge < -0.3 is 0 Å². The molecule has 4 aromatic rings. The Morgan fingerprint density at radius 3 is 2.21 bits per heavy atom. The molecule has 0 radical (unpaired) electrons. The summed E-state index contributed by atoms with van der Waals surface area (Å²) in [5.74, 6) is 0. The lowest BCUT2D eigenvalue weighted by atomic mass is 9.80. The number of rotatable bonds is 3. The van der Waals surface area contributed by atoms with Gasteiger partial charge in [-0.2, -0.15) is 9.83 Å². The SMILES string of the molecule is Cc1c(-c2cc(-c3ccc(CC(C)(C)C)s3)c(C#N)c[n+]2C)cc(C(C)(C)C)c2ccccc12. The first kappa shape index (κ1) is 24.2. The van der Waals surface area contributed by atoms with E-state index in [9.17, 15) is 5.26 Å². The standard InChI is InChI=1S/C31H35N2S/c1-20-23-11-9-10-12-24(23)27(31(5,6)7)15-25(20)28-16-26(21(18-32)19-33(28)8)29-14-13-22(34-29)17-30(2,3)4/h9-16,19H,17H2,1-8H3/q+1. The van der Waals surface area contributed by atoms with Gasteiger partial charge in [0.05, 0.1) is 0 Å². The molecule has 2 nitrogen and oxygen atoms in total. The third kappa shape index (κ3) is 4.65. The Hall–Kier alpha value is -2.96. The fraction of sp³-hybridized carbons (Fsp3) is 0.355. The highest BCUT2D eigenvalue weighted by Crippen LogP contribution is 2.39. The summed E-state index contributed by atoms with van der Waals surface area (Å²) in [6.07, 6.45) is 3.02. The molecule has 0 aliphatic heterocycles. The zero-order valence-corrected chi connectivity index (χ0v) is 22.5. The van der Waals surface area contributed by atoms with Crippen molar-refractivity contribution in [3.8, 4) is 27.8 Å². The fourth-order valence-corrected chi connectivity index (χ4v) is 6.10. The van der Waals surface area contributed by atoms with E-state index in [4.69, 9.17) is 0 Å². The molecule has 0 fully saturated rings. The number of fused-ring (bicyclic) bond motifs is 1. The molecule has 34 heavy (non-hydrogen) atoms. The van der Waals surface area contributed by atoms with Crippen molar-refractivity contribution >= 4 is 22.1 Å². The molecule has 0 saturated heterocycles. The summed E-state index contributed by atoms with van der Waals surface area (Å²) in [5.41, 5.74) is 6.96. The molecular weight excluding hydrogens is 432 g/mol. The van der Waals surface area contributed by atoms with E-state index < -0.39 is 0 Å².